The van der Waals surface area contributed by atoms with Crippen molar-refractivity contribution in [3.63, 3.8) is 0 Å². The highest BCUT2D eigenvalue weighted by Gasteiger charge is 2.16. The van der Waals surface area contributed by atoms with Gasteiger partial charge < -0.3 is 15.5 Å². The van der Waals surface area contributed by atoms with Gasteiger partial charge in [0.05, 0.1) is 0 Å². The zero-order valence-corrected chi connectivity index (χ0v) is 11.8. The number of nitrogens with two attached hydrogens (primary N) is 1. The molecule has 1 heterocycles. The standard InChI is InChI=1S/C13H19N3.C2H6/c1-12(11-14)15-7-9-16(10-8-15)13-5-3-2-4-6-13;1-2/h2-6,11H,7-10,14H2,1H3;1-2H3/b12-11+;. The minimum Gasteiger partial charge on any atom is -0.403 e. The maximum absolute atomic E-state index is 5.53. The Bertz CT molecular complexity index is 351. The Morgan fingerprint density at radius 2 is 1.61 bits per heavy atom. The molecular weight excluding hydrogens is 222 g/mol. The molecule has 2 rings (SSSR count). The number of benzene rings is 1. The molecule has 0 aromatic heterocycles. The van der Waals surface area contributed by atoms with E-state index in [4.69, 9.17) is 5.73 Å². The van der Waals surface area contributed by atoms with Gasteiger partial charge in [0.25, 0.3) is 0 Å². The van der Waals surface area contributed by atoms with E-state index in [1.807, 2.05) is 13.8 Å². The molecule has 0 radical (unpaired) electrons. The maximum atomic E-state index is 5.53. The van der Waals surface area contributed by atoms with Crippen LogP contribution < -0.4 is 10.6 Å². The van der Waals surface area contributed by atoms with Crippen molar-refractivity contribution in [2.45, 2.75) is 20.8 Å². The topological polar surface area (TPSA) is 32.5 Å². The molecule has 3 nitrogen and oxygen atoms in total. The van der Waals surface area contributed by atoms with Crippen LogP contribution in [-0.2, 0) is 0 Å². The molecule has 0 amide bonds. The van der Waals surface area contributed by atoms with Gasteiger partial charge in [-0.3, -0.25) is 0 Å². The SMILES string of the molecule is C/C(=C\N)N1CCN(c2ccccc2)CC1.CC. The first-order chi connectivity index (χ1) is 8.81. The molecule has 0 unspecified atom stereocenters. The molecule has 0 aliphatic carbocycles. The first kappa shape index (κ1) is 14.4. The molecule has 2 N–H and O–H groups in total. The van der Waals surface area contributed by atoms with Gasteiger partial charge in [-0.05, 0) is 19.1 Å². The first-order valence-electron chi connectivity index (χ1n) is 6.74. The molecule has 3 heteroatoms. The predicted octanol–water partition coefficient (Wildman–Crippen LogP) is 2.65. The number of hydrogen-bond donors (Lipinski definition) is 1. The Kier molecular flexibility index (Phi) is 6.12. The second-order valence-electron chi connectivity index (χ2n) is 4.12. The van der Waals surface area contributed by atoms with E-state index in [0.29, 0.717) is 0 Å². The Balaban J connectivity index is 0.000000771. The fourth-order valence-electron chi connectivity index (χ4n) is 2.06. The van der Waals surface area contributed by atoms with E-state index >= 15 is 0 Å². The molecule has 0 bridgehead atoms. The molecule has 1 aliphatic heterocycles. The first-order valence-corrected chi connectivity index (χ1v) is 6.74. The Hall–Kier alpha value is -1.64. The molecule has 0 spiro atoms. The molecule has 1 fully saturated rings. The van der Waals surface area contributed by atoms with Crippen molar-refractivity contribution in [3.8, 4) is 0 Å². The molecule has 0 saturated carbocycles. The Morgan fingerprint density at radius 3 is 2.11 bits per heavy atom. The summed E-state index contributed by atoms with van der Waals surface area (Å²) in [6, 6.07) is 10.6. The zero-order valence-electron chi connectivity index (χ0n) is 11.8. The van der Waals surface area contributed by atoms with Crippen LogP contribution in [0.2, 0.25) is 0 Å². The van der Waals surface area contributed by atoms with E-state index < -0.39 is 0 Å². The van der Waals surface area contributed by atoms with Gasteiger partial charge in [-0.2, -0.15) is 0 Å². The number of rotatable bonds is 2. The van der Waals surface area contributed by atoms with Crippen LogP contribution in [0.4, 0.5) is 5.69 Å². The van der Waals surface area contributed by atoms with Crippen molar-refractivity contribution < 1.29 is 0 Å². The smallest absolute Gasteiger partial charge is 0.0367 e. The lowest BCUT2D eigenvalue weighted by atomic mass is 10.2. The van der Waals surface area contributed by atoms with Crippen molar-refractivity contribution in [1.29, 1.82) is 0 Å². The monoisotopic (exact) mass is 247 g/mol. The van der Waals surface area contributed by atoms with Gasteiger partial charge in [0.1, 0.15) is 0 Å². The van der Waals surface area contributed by atoms with Gasteiger partial charge in [-0.25, -0.2) is 0 Å². The molecule has 1 aliphatic rings. The molecule has 1 saturated heterocycles. The van der Waals surface area contributed by atoms with Crippen LogP contribution in [0.5, 0.6) is 0 Å². The normalized spacial score (nSPS) is 16.1. The fourth-order valence-corrected chi connectivity index (χ4v) is 2.06. The minimum atomic E-state index is 1.05. The molecular formula is C15H25N3. The molecule has 100 valence electrons. The average molecular weight is 247 g/mol. The third-order valence-electron chi connectivity index (χ3n) is 3.14. The van der Waals surface area contributed by atoms with Gasteiger partial charge >= 0.3 is 0 Å². The highest BCUT2D eigenvalue weighted by molar-refractivity contribution is 5.46. The van der Waals surface area contributed by atoms with Crippen LogP contribution in [0.3, 0.4) is 0 Å². The summed E-state index contributed by atoms with van der Waals surface area (Å²) < 4.78 is 0. The van der Waals surface area contributed by atoms with Crippen LogP contribution in [0.25, 0.3) is 0 Å². The number of para-hydroxylation sites is 1. The van der Waals surface area contributed by atoms with Crippen LogP contribution in [0.15, 0.2) is 42.2 Å². The van der Waals surface area contributed by atoms with Crippen LogP contribution >= 0.6 is 0 Å². The largest absolute Gasteiger partial charge is 0.403 e. The zero-order chi connectivity index (χ0) is 13.4. The third kappa shape index (κ3) is 3.69. The van der Waals surface area contributed by atoms with E-state index in [1.54, 1.807) is 6.20 Å². The van der Waals surface area contributed by atoms with Crippen molar-refractivity contribution in [2.24, 2.45) is 5.73 Å². The fraction of sp³-hybridized carbons (Fsp3) is 0.467. The summed E-state index contributed by atoms with van der Waals surface area (Å²) in [5, 5.41) is 0. The minimum absolute atomic E-state index is 1.05. The van der Waals surface area contributed by atoms with E-state index in [0.717, 1.165) is 26.2 Å². The van der Waals surface area contributed by atoms with E-state index in [1.165, 1.54) is 11.4 Å². The van der Waals surface area contributed by atoms with E-state index in [2.05, 4.69) is 47.1 Å². The summed E-state index contributed by atoms with van der Waals surface area (Å²) in [6.07, 6.45) is 1.69. The number of anilines is 1. The number of allylic oxidation sites excluding steroid dienone is 1. The third-order valence-corrected chi connectivity index (χ3v) is 3.14. The van der Waals surface area contributed by atoms with Gasteiger partial charge in [0, 0.05) is 43.8 Å². The second-order valence-corrected chi connectivity index (χ2v) is 4.12. The molecule has 18 heavy (non-hydrogen) atoms. The van der Waals surface area contributed by atoms with Gasteiger partial charge in [-0.15, -0.1) is 0 Å². The van der Waals surface area contributed by atoms with Gasteiger partial charge in [0.15, 0.2) is 0 Å². The lowest BCUT2D eigenvalue weighted by molar-refractivity contribution is 0.321. The highest BCUT2D eigenvalue weighted by Crippen LogP contribution is 2.16. The Morgan fingerprint density at radius 1 is 1.06 bits per heavy atom. The summed E-state index contributed by atoms with van der Waals surface area (Å²) >= 11 is 0. The lowest BCUT2D eigenvalue weighted by Gasteiger charge is -2.37. The van der Waals surface area contributed by atoms with Crippen LogP contribution in [-0.4, -0.2) is 31.1 Å². The summed E-state index contributed by atoms with van der Waals surface area (Å²) in [7, 11) is 0. The van der Waals surface area contributed by atoms with Crippen molar-refractivity contribution >= 4 is 5.69 Å². The van der Waals surface area contributed by atoms with Crippen LogP contribution in [0, 0.1) is 0 Å². The predicted molar refractivity (Wildman–Crippen MR) is 79.5 cm³/mol. The highest BCUT2D eigenvalue weighted by atomic mass is 15.3. The van der Waals surface area contributed by atoms with Crippen molar-refractivity contribution in [2.75, 3.05) is 31.1 Å². The van der Waals surface area contributed by atoms with Gasteiger partial charge in [0.2, 0.25) is 0 Å². The molecule has 1 aromatic rings. The maximum Gasteiger partial charge on any atom is 0.0367 e. The average Bonchev–Trinajstić information content (AvgIpc) is 2.49. The summed E-state index contributed by atoms with van der Waals surface area (Å²) in [5.74, 6) is 0. The second kappa shape index (κ2) is 7.64. The summed E-state index contributed by atoms with van der Waals surface area (Å²) in [6.45, 7) is 10.3. The van der Waals surface area contributed by atoms with Crippen molar-refractivity contribution in [3.05, 3.63) is 42.2 Å². The quantitative estimate of drug-likeness (QED) is 0.872. The number of piperazine rings is 1. The lowest BCUT2D eigenvalue weighted by Crippen LogP contribution is -2.45. The number of hydrogen-bond acceptors (Lipinski definition) is 3. The summed E-state index contributed by atoms with van der Waals surface area (Å²) in [5.41, 5.74) is 8.02. The Labute approximate surface area is 111 Å². The molecule has 0 atom stereocenters. The van der Waals surface area contributed by atoms with Gasteiger partial charge in [-0.1, -0.05) is 32.0 Å². The number of nitrogens with zero attached hydrogens (tertiary/aromatic N) is 2. The summed E-state index contributed by atoms with van der Waals surface area (Å²) in [4.78, 5) is 4.75. The van der Waals surface area contributed by atoms with E-state index in [-0.39, 0.29) is 0 Å². The van der Waals surface area contributed by atoms with Crippen LogP contribution in [0.1, 0.15) is 20.8 Å². The molecule has 1 aromatic carbocycles. The van der Waals surface area contributed by atoms with Crippen molar-refractivity contribution in [1.82, 2.24) is 4.90 Å². The van der Waals surface area contributed by atoms with E-state index in [9.17, 15) is 0 Å².